The molecule has 0 unspecified atom stereocenters. The molecule has 1 amide bonds. The zero-order chi connectivity index (χ0) is 11.5. The number of carbonyl (C=O) groups is 1. The van der Waals surface area contributed by atoms with E-state index in [0.29, 0.717) is 5.69 Å². The predicted octanol–water partition coefficient (Wildman–Crippen LogP) is 2.25. The van der Waals surface area contributed by atoms with E-state index in [4.69, 9.17) is 4.74 Å². The molecule has 0 aliphatic heterocycles. The average molecular weight is 211 g/mol. The summed E-state index contributed by atoms with van der Waals surface area (Å²) in [4.78, 5) is 11.4. The number of nitrogens with one attached hydrogen (secondary N) is 1. The lowest BCUT2D eigenvalue weighted by molar-refractivity contribution is 0.0636. The van der Waals surface area contributed by atoms with Crippen molar-refractivity contribution in [2.75, 3.05) is 5.32 Å². The first-order valence-corrected chi connectivity index (χ1v) is 4.93. The van der Waals surface area contributed by atoms with Gasteiger partial charge >= 0.3 is 6.09 Å². The van der Waals surface area contributed by atoms with Crippen LogP contribution >= 0.6 is 0 Å². The lowest BCUT2D eigenvalue weighted by atomic mass is 10.2. The molecule has 0 saturated heterocycles. The van der Waals surface area contributed by atoms with Crippen LogP contribution in [-0.2, 0) is 11.3 Å². The fourth-order valence-corrected chi connectivity index (χ4v) is 1.02. The van der Waals surface area contributed by atoms with E-state index < -0.39 is 11.7 Å². The average Bonchev–Trinajstić information content (AvgIpc) is 2.48. The summed E-state index contributed by atoms with van der Waals surface area (Å²) in [6, 6.07) is 0. The monoisotopic (exact) mass is 211 g/mol. The minimum atomic E-state index is -0.481. The van der Waals surface area contributed by atoms with Gasteiger partial charge in [-0.25, -0.2) is 4.79 Å². The standard InChI is InChI=1S/C10H17N3O2/c1-5-13-7-8(6-11-13)12-9(14)15-10(2,3)4/h6-7H,5H2,1-4H3,(H,12,14). The van der Waals surface area contributed by atoms with Gasteiger partial charge in [-0.05, 0) is 27.7 Å². The van der Waals surface area contributed by atoms with E-state index in [1.165, 1.54) is 0 Å². The number of rotatable bonds is 2. The summed E-state index contributed by atoms with van der Waals surface area (Å²) in [5.74, 6) is 0. The Morgan fingerprint density at radius 1 is 1.60 bits per heavy atom. The van der Waals surface area contributed by atoms with E-state index >= 15 is 0 Å². The highest BCUT2D eigenvalue weighted by Gasteiger charge is 2.16. The van der Waals surface area contributed by atoms with Crippen molar-refractivity contribution in [3.05, 3.63) is 12.4 Å². The fourth-order valence-electron chi connectivity index (χ4n) is 1.02. The van der Waals surface area contributed by atoms with Gasteiger partial charge in [0.2, 0.25) is 0 Å². The molecule has 5 heteroatoms. The van der Waals surface area contributed by atoms with Crippen LogP contribution in [0.4, 0.5) is 10.5 Å². The summed E-state index contributed by atoms with van der Waals surface area (Å²) in [6.45, 7) is 8.21. The minimum absolute atomic E-state index is 0.460. The van der Waals surface area contributed by atoms with Gasteiger partial charge in [0.15, 0.2) is 0 Å². The Bertz CT molecular complexity index is 339. The van der Waals surface area contributed by atoms with Crippen molar-refractivity contribution in [3.8, 4) is 0 Å². The van der Waals surface area contributed by atoms with Crippen LogP contribution in [0.15, 0.2) is 12.4 Å². The molecular formula is C10H17N3O2. The van der Waals surface area contributed by atoms with Crippen LogP contribution in [-0.4, -0.2) is 21.5 Å². The van der Waals surface area contributed by atoms with Crippen molar-refractivity contribution < 1.29 is 9.53 Å². The van der Waals surface area contributed by atoms with Gasteiger partial charge in [-0.2, -0.15) is 5.10 Å². The van der Waals surface area contributed by atoms with Crippen molar-refractivity contribution in [1.29, 1.82) is 0 Å². The Balaban J connectivity index is 2.51. The second-order valence-electron chi connectivity index (χ2n) is 4.21. The fraction of sp³-hybridized carbons (Fsp3) is 0.600. The maximum Gasteiger partial charge on any atom is 0.412 e. The van der Waals surface area contributed by atoms with Crippen LogP contribution in [0.1, 0.15) is 27.7 Å². The Hall–Kier alpha value is -1.52. The number of hydrogen-bond acceptors (Lipinski definition) is 3. The van der Waals surface area contributed by atoms with Crippen LogP contribution < -0.4 is 5.32 Å². The lowest BCUT2D eigenvalue weighted by Gasteiger charge is -2.19. The minimum Gasteiger partial charge on any atom is -0.444 e. The second-order valence-corrected chi connectivity index (χ2v) is 4.21. The van der Waals surface area contributed by atoms with Crippen molar-refractivity contribution in [2.45, 2.75) is 39.8 Å². The van der Waals surface area contributed by atoms with Crippen molar-refractivity contribution in [1.82, 2.24) is 9.78 Å². The van der Waals surface area contributed by atoms with Gasteiger partial charge in [0.25, 0.3) is 0 Å². The molecule has 0 aliphatic carbocycles. The van der Waals surface area contributed by atoms with Gasteiger partial charge in [-0.3, -0.25) is 10.00 Å². The molecule has 1 rings (SSSR count). The second kappa shape index (κ2) is 4.33. The molecule has 84 valence electrons. The molecule has 5 nitrogen and oxygen atoms in total. The number of nitrogens with zero attached hydrogens (tertiary/aromatic N) is 2. The number of aryl methyl sites for hydroxylation is 1. The molecule has 15 heavy (non-hydrogen) atoms. The SMILES string of the molecule is CCn1cc(NC(=O)OC(C)(C)C)cn1. The van der Waals surface area contributed by atoms with Gasteiger partial charge in [0.1, 0.15) is 5.60 Å². The summed E-state index contributed by atoms with van der Waals surface area (Å²) in [5, 5.41) is 6.64. The summed E-state index contributed by atoms with van der Waals surface area (Å²) in [7, 11) is 0. The maximum absolute atomic E-state index is 11.4. The van der Waals surface area contributed by atoms with Gasteiger partial charge < -0.3 is 4.74 Å². The van der Waals surface area contributed by atoms with Crippen molar-refractivity contribution >= 4 is 11.8 Å². The van der Waals surface area contributed by atoms with Gasteiger partial charge in [-0.1, -0.05) is 0 Å². The highest BCUT2D eigenvalue weighted by molar-refractivity contribution is 5.84. The molecular weight excluding hydrogens is 194 g/mol. The summed E-state index contributed by atoms with van der Waals surface area (Å²) < 4.78 is 6.83. The normalized spacial score (nSPS) is 11.2. The van der Waals surface area contributed by atoms with E-state index in [9.17, 15) is 4.79 Å². The third kappa shape index (κ3) is 4.01. The molecule has 0 aliphatic rings. The number of ether oxygens (including phenoxy) is 1. The van der Waals surface area contributed by atoms with Crippen molar-refractivity contribution in [2.24, 2.45) is 0 Å². The Kier molecular flexibility index (Phi) is 3.34. The van der Waals surface area contributed by atoms with Gasteiger partial charge in [0.05, 0.1) is 11.9 Å². The van der Waals surface area contributed by atoms with E-state index in [0.717, 1.165) is 6.54 Å². The summed E-state index contributed by atoms with van der Waals surface area (Å²) in [6.07, 6.45) is 2.88. The Morgan fingerprint density at radius 2 is 2.27 bits per heavy atom. The van der Waals surface area contributed by atoms with Gasteiger partial charge in [0, 0.05) is 12.7 Å². The molecule has 1 aromatic heterocycles. The molecule has 0 radical (unpaired) electrons. The van der Waals surface area contributed by atoms with E-state index in [1.54, 1.807) is 17.1 Å². The summed E-state index contributed by atoms with van der Waals surface area (Å²) in [5.41, 5.74) is 0.163. The maximum atomic E-state index is 11.4. The van der Waals surface area contributed by atoms with Gasteiger partial charge in [-0.15, -0.1) is 0 Å². The molecule has 0 atom stereocenters. The summed E-state index contributed by atoms with van der Waals surface area (Å²) >= 11 is 0. The number of amides is 1. The number of aromatic nitrogens is 2. The van der Waals surface area contributed by atoms with E-state index in [-0.39, 0.29) is 0 Å². The van der Waals surface area contributed by atoms with Crippen LogP contribution in [0.3, 0.4) is 0 Å². The molecule has 1 N–H and O–H groups in total. The smallest absolute Gasteiger partial charge is 0.412 e. The number of hydrogen-bond donors (Lipinski definition) is 1. The van der Waals surface area contributed by atoms with Crippen molar-refractivity contribution in [3.63, 3.8) is 0 Å². The van der Waals surface area contributed by atoms with Crippen LogP contribution in [0.25, 0.3) is 0 Å². The lowest BCUT2D eigenvalue weighted by Crippen LogP contribution is -2.27. The molecule has 0 spiro atoms. The predicted molar refractivity (Wildman–Crippen MR) is 57.8 cm³/mol. The number of carbonyl (C=O) groups excluding carboxylic acids is 1. The first-order chi connectivity index (χ1) is 6.90. The first kappa shape index (κ1) is 11.6. The molecule has 0 aromatic carbocycles. The quantitative estimate of drug-likeness (QED) is 0.816. The number of anilines is 1. The van der Waals surface area contributed by atoms with Crippen LogP contribution in [0, 0.1) is 0 Å². The molecule has 0 bridgehead atoms. The molecule has 0 fully saturated rings. The van der Waals surface area contributed by atoms with E-state index in [2.05, 4.69) is 10.4 Å². The van der Waals surface area contributed by atoms with Crippen LogP contribution in [0.5, 0.6) is 0 Å². The zero-order valence-corrected chi connectivity index (χ0v) is 9.57. The third-order valence-corrected chi connectivity index (χ3v) is 1.60. The largest absolute Gasteiger partial charge is 0.444 e. The Labute approximate surface area is 89.4 Å². The molecule has 1 heterocycles. The Morgan fingerprint density at radius 3 is 2.73 bits per heavy atom. The highest BCUT2D eigenvalue weighted by Crippen LogP contribution is 2.10. The third-order valence-electron chi connectivity index (χ3n) is 1.60. The van der Waals surface area contributed by atoms with Crippen LogP contribution in [0.2, 0.25) is 0 Å². The zero-order valence-electron chi connectivity index (χ0n) is 9.57. The van der Waals surface area contributed by atoms with E-state index in [1.807, 2.05) is 27.7 Å². The molecule has 0 saturated carbocycles. The first-order valence-electron chi connectivity index (χ1n) is 4.93. The molecule has 1 aromatic rings. The highest BCUT2D eigenvalue weighted by atomic mass is 16.6. The topological polar surface area (TPSA) is 56.2 Å².